The third kappa shape index (κ3) is 4.44. The topological polar surface area (TPSA) is 36.6 Å². The molecule has 1 aliphatic carbocycles. The van der Waals surface area contributed by atoms with Gasteiger partial charge >= 0.3 is 0 Å². The van der Waals surface area contributed by atoms with Gasteiger partial charge in [0.25, 0.3) is 0 Å². The fraction of sp³-hybridized carbons (Fsp3) is 0.714. The number of piperazine rings is 1. The van der Waals surface area contributed by atoms with Gasteiger partial charge in [0.1, 0.15) is 32.7 Å². The van der Waals surface area contributed by atoms with Gasteiger partial charge in [-0.3, -0.25) is 0 Å². The van der Waals surface area contributed by atoms with E-state index in [4.69, 9.17) is 14.2 Å². The summed E-state index contributed by atoms with van der Waals surface area (Å²) < 4.78 is 16.4. The van der Waals surface area contributed by atoms with Crippen molar-refractivity contribution >= 4 is 0 Å². The molecule has 0 radical (unpaired) electrons. The summed E-state index contributed by atoms with van der Waals surface area (Å²) in [5, 5.41) is 0. The molecule has 1 aromatic rings. The van der Waals surface area contributed by atoms with Crippen LogP contribution in [0.5, 0.6) is 17.2 Å². The van der Waals surface area contributed by atoms with Gasteiger partial charge in [0.2, 0.25) is 5.75 Å². The van der Waals surface area contributed by atoms with Crippen molar-refractivity contribution in [3.8, 4) is 17.2 Å². The Morgan fingerprint density at radius 1 is 0.923 bits per heavy atom. The Bertz CT molecular complexity index is 560. The highest BCUT2D eigenvalue weighted by Crippen LogP contribution is 2.37. The second-order valence-electron chi connectivity index (χ2n) is 8.09. The Labute approximate surface area is 158 Å². The molecule has 0 unspecified atom stereocenters. The zero-order valence-corrected chi connectivity index (χ0v) is 16.9. The van der Waals surface area contributed by atoms with Crippen LogP contribution in [-0.2, 0) is 6.54 Å². The molecule has 0 spiro atoms. The minimum Gasteiger partial charge on any atom is -0.493 e. The number of rotatable bonds is 6. The molecule has 146 valence electrons. The van der Waals surface area contributed by atoms with Crippen LogP contribution in [0.15, 0.2) is 12.1 Å². The fourth-order valence-corrected chi connectivity index (χ4v) is 4.84. The van der Waals surface area contributed by atoms with Gasteiger partial charge in [-0.05, 0) is 30.9 Å². The largest absolute Gasteiger partial charge is 0.493 e. The molecule has 3 rings (SSSR count). The van der Waals surface area contributed by atoms with E-state index in [0.29, 0.717) is 5.75 Å². The standard InChI is InChI=1S/C21H34N2O3/c1-16-6-5-7-18(12-16)23-10-8-22(9-11-23)15-17-13-19(24-2)21(26-4)20(14-17)25-3/h13-14,16,18H,5-12,15H2,1-4H3/p+2/t16-,18-/m0/s1. The third-order valence-electron chi connectivity index (χ3n) is 6.29. The van der Waals surface area contributed by atoms with Crippen LogP contribution in [0.3, 0.4) is 0 Å². The molecule has 1 saturated carbocycles. The average molecular weight is 365 g/mol. The average Bonchev–Trinajstić information content (AvgIpc) is 2.67. The van der Waals surface area contributed by atoms with Crippen LogP contribution in [0.25, 0.3) is 0 Å². The van der Waals surface area contributed by atoms with Crippen molar-refractivity contribution in [1.29, 1.82) is 0 Å². The van der Waals surface area contributed by atoms with Gasteiger partial charge < -0.3 is 24.0 Å². The Kier molecular flexibility index (Phi) is 6.65. The molecule has 1 aliphatic heterocycles. The number of methoxy groups -OCH3 is 3. The zero-order valence-electron chi connectivity index (χ0n) is 16.9. The number of benzene rings is 1. The SMILES string of the molecule is COc1cc(C[NH+]2CC[NH+]([C@H]3CCC[C@H](C)C3)CC2)cc(OC)c1OC. The van der Waals surface area contributed by atoms with E-state index < -0.39 is 0 Å². The lowest BCUT2D eigenvalue weighted by molar-refractivity contribution is -1.03. The number of ether oxygens (including phenoxy) is 3. The molecule has 1 heterocycles. The number of hydrogen-bond donors (Lipinski definition) is 2. The third-order valence-corrected chi connectivity index (χ3v) is 6.29. The van der Waals surface area contributed by atoms with E-state index in [1.54, 1.807) is 26.2 Å². The summed E-state index contributed by atoms with van der Waals surface area (Å²) in [4.78, 5) is 3.51. The first-order chi connectivity index (χ1) is 12.6. The van der Waals surface area contributed by atoms with Crippen LogP contribution < -0.4 is 24.0 Å². The maximum Gasteiger partial charge on any atom is 0.203 e. The molecule has 2 fully saturated rings. The smallest absolute Gasteiger partial charge is 0.203 e. The molecule has 5 nitrogen and oxygen atoms in total. The Morgan fingerprint density at radius 3 is 2.12 bits per heavy atom. The fourth-order valence-electron chi connectivity index (χ4n) is 4.84. The van der Waals surface area contributed by atoms with Gasteiger partial charge in [-0.1, -0.05) is 13.3 Å². The lowest BCUT2D eigenvalue weighted by Gasteiger charge is -2.37. The van der Waals surface area contributed by atoms with Crippen molar-refractivity contribution in [1.82, 2.24) is 0 Å². The van der Waals surface area contributed by atoms with Gasteiger partial charge in [0, 0.05) is 12.0 Å². The molecule has 1 aromatic carbocycles. The Hall–Kier alpha value is -1.46. The first-order valence-corrected chi connectivity index (χ1v) is 10.1. The monoisotopic (exact) mass is 364 g/mol. The van der Waals surface area contributed by atoms with Crippen LogP contribution in [0.2, 0.25) is 0 Å². The highest BCUT2D eigenvalue weighted by molar-refractivity contribution is 5.53. The number of quaternary nitrogens is 2. The Balaban J connectivity index is 1.59. The number of nitrogens with one attached hydrogen (secondary N) is 2. The van der Waals surface area contributed by atoms with E-state index in [1.807, 2.05) is 4.90 Å². The predicted molar refractivity (Wildman–Crippen MR) is 103 cm³/mol. The summed E-state index contributed by atoms with van der Waals surface area (Å²) in [6, 6.07) is 5.09. The summed E-state index contributed by atoms with van der Waals surface area (Å²) in [5.74, 6) is 3.10. The van der Waals surface area contributed by atoms with Gasteiger partial charge in [0.05, 0.1) is 27.4 Å². The number of hydrogen-bond acceptors (Lipinski definition) is 3. The second-order valence-corrected chi connectivity index (χ2v) is 8.09. The molecule has 2 N–H and O–H groups in total. The van der Waals surface area contributed by atoms with Gasteiger partial charge in [-0.2, -0.15) is 0 Å². The van der Waals surface area contributed by atoms with Crippen LogP contribution in [0.1, 0.15) is 38.2 Å². The molecule has 2 atom stereocenters. The van der Waals surface area contributed by atoms with E-state index in [1.165, 1.54) is 57.4 Å². The van der Waals surface area contributed by atoms with Gasteiger partial charge in [0.15, 0.2) is 11.5 Å². The molecule has 1 saturated heterocycles. The van der Waals surface area contributed by atoms with Gasteiger partial charge in [-0.15, -0.1) is 0 Å². The maximum atomic E-state index is 5.50. The normalized spacial score (nSPS) is 29.2. The van der Waals surface area contributed by atoms with Crippen LogP contribution >= 0.6 is 0 Å². The van der Waals surface area contributed by atoms with Crippen LogP contribution in [0.4, 0.5) is 0 Å². The van der Waals surface area contributed by atoms with E-state index >= 15 is 0 Å². The molecule has 0 bridgehead atoms. The summed E-state index contributed by atoms with van der Waals surface area (Å²) in [7, 11) is 5.02. The van der Waals surface area contributed by atoms with Crippen molar-refractivity contribution in [3.63, 3.8) is 0 Å². The van der Waals surface area contributed by atoms with Crippen molar-refractivity contribution < 1.29 is 24.0 Å². The summed E-state index contributed by atoms with van der Waals surface area (Å²) in [6.45, 7) is 8.55. The van der Waals surface area contributed by atoms with E-state index in [9.17, 15) is 0 Å². The van der Waals surface area contributed by atoms with Crippen LogP contribution in [-0.4, -0.2) is 53.6 Å². The quantitative estimate of drug-likeness (QED) is 0.775. The van der Waals surface area contributed by atoms with Crippen molar-refractivity contribution in [3.05, 3.63) is 17.7 Å². The lowest BCUT2D eigenvalue weighted by atomic mass is 9.86. The summed E-state index contributed by atoms with van der Waals surface area (Å²) >= 11 is 0. The van der Waals surface area contributed by atoms with E-state index in [-0.39, 0.29) is 0 Å². The van der Waals surface area contributed by atoms with E-state index in [0.717, 1.165) is 30.0 Å². The molecular weight excluding hydrogens is 328 g/mol. The maximum absolute atomic E-state index is 5.50. The molecule has 26 heavy (non-hydrogen) atoms. The first kappa shape index (κ1) is 19.3. The zero-order chi connectivity index (χ0) is 18.5. The molecular formula is C21H36N2O3+2. The van der Waals surface area contributed by atoms with E-state index in [2.05, 4.69) is 19.1 Å². The van der Waals surface area contributed by atoms with Crippen LogP contribution in [0, 0.1) is 5.92 Å². The molecule has 5 heteroatoms. The predicted octanol–water partition coefficient (Wildman–Crippen LogP) is 0.575. The minimum absolute atomic E-state index is 0.675. The molecule has 2 aliphatic rings. The summed E-state index contributed by atoms with van der Waals surface area (Å²) in [5.41, 5.74) is 1.25. The van der Waals surface area contributed by atoms with Crippen molar-refractivity contribution in [2.24, 2.45) is 5.92 Å². The summed E-state index contributed by atoms with van der Waals surface area (Å²) in [6.07, 6.45) is 5.72. The minimum atomic E-state index is 0.675. The highest BCUT2D eigenvalue weighted by Gasteiger charge is 2.32. The van der Waals surface area contributed by atoms with Crippen molar-refractivity contribution in [2.75, 3.05) is 47.5 Å². The highest BCUT2D eigenvalue weighted by atomic mass is 16.5. The second kappa shape index (κ2) is 8.96. The van der Waals surface area contributed by atoms with Crippen molar-refractivity contribution in [2.45, 2.75) is 45.2 Å². The Morgan fingerprint density at radius 2 is 1.58 bits per heavy atom. The molecule has 0 amide bonds. The van der Waals surface area contributed by atoms with Gasteiger partial charge in [-0.25, -0.2) is 0 Å². The first-order valence-electron chi connectivity index (χ1n) is 10.1. The lowest BCUT2D eigenvalue weighted by Crippen LogP contribution is -3.29. The molecule has 0 aromatic heterocycles.